The number of nitrogens with zero attached hydrogens (tertiary/aromatic N) is 2. The zero-order valence-electron chi connectivity index (χ0n) is 14.0. The van der Waals surface area contributed by atoms with Crippen LogP contribution in [0.25, 0.3) is 0 Å². The standard InChI is InChI=1S/C17H19N3O3S/c1-9-5-10(2)14(7-13(9)16(22)23)20-15(21)8-24-17-18-11(3)6-12(4)19-17/h5-7H,8H2,1-4H3,(H,20,21)(H,22,23). The molecule has 0 fully saturated rings. The fourth-order valence-corrected chi connectivity index (χ4v) is 3.04. The Morgan fingerprint density at radius 3 is 2.25 bits per heavy atom. The number of benzene rings is 1. The molecule has 1 aromatic carbocycles. The monoisotopic (exact) mass is 345 g/mol. The number of hydrogen-bond acceptors (Lipinski definition) is 5. The Labute approximate surface area is 144 Å². The van der Waals surface area contributed by atoms with E-state index in [1.54, 1.807) is 13.0 Å². The molecule has 0 saturated carbocycles. The highest BCUT2D eigenvalue weighted by Gasteiger charge is 2.13. The van der Waals surface area contributed by atoms with Gasteiger partial charge in [0.1, 0.15) is 0 Å². The van der Waals surface area contributed by atoms with Crippen LogP contribution in [-0.4, -0.2) is 32.7 Å². The third kappa shape index (κ3) is 4.55. The first-order chi connectivity index (χ1) is 11.3. The molecule has 7 heteroatoms. The molecule has 1 aromatic heterocycles. The SMILES string of the molecule is Cc1cc(C)nc(SCC(=O)Nc2cc(C(=O)O)c(C)cc2C)n1. The van der Waals surface area contributed by atoms with Gasteiger partial charge in [-0.15, -0.1) is 0 Å². The lowest BCUT2D eigenvalue weighted by molar-refractivity contribution is -0.113. The zero-order valence-corrected chi connectivity index (χ0v) is 14.8. The van der Waals surface area contributed by atoms with Gasteiger partial charge in [-0.25, -0.2) is 14.8 Å². The number of carboxylic acid groups (broad SMARTS) is 1. The number of carbonyl (C=O) groups excluding carboxylic acids is 1. The van der Waals surface area contributed by atoms with Gasteiger partial charge in [0.25, 0.3) is 0 Å². The summed E-state index contributed by atoms with van der Waals surface area (Å²) in [5, 5.41) is 12.5. The summed E-state index contributed by atoms with van der Waals surface area (Å²) in [5.74, 6) is -1.09. The average Bonchev–Trinajstić information content (AvgIpc) is 2.46. The predicted octanol–water partition coefficient (Wildman–Crippen LogP) is 3.14. The summed E-state index contributed by atoms with van der Waals surface area (Å²) in [4.78, 5) is 31.9. The summed E-state index contributed by atoms with van der Waals surface area (Å²) < 4.78 is 0. The van der Waals surface area contributed by atoms with Gasteiger partial charge in [-0.1, -0.05) is 17.8 Å². The lowest BCUT2D eigenvalue weighted by Crippen LogP contribution is -2.16. The van der Waals surface area contributed by atoms with Crippen LogP contribution in [0.2, 0.25) is 0 Å². The summed E-state index contributed by atoms with van der Waals surface area (Å²) in [6.07, 6.45) is 0. The number of carbonyl (C=O) groups is 2. The number of aromatic nitrogens is 2. The second-order valence-corrected chi connectivity index (χ2v) is 6.50. The van der Waals surface area contributed by atoms with Crippen LogP contribution in [0, 0.1) is 27.7 Å². The highest BCUT2D eigenvalue weighted by Crippen LogP contribution is 2.22. The van der Waals surface area contributed by atoms with Crippen molar-refractivity contribution < 1.29 is 14.7 Å². The first kappa shape index (κ1) is 17.9. The summed E-state index contributed by atoms with van der Waals surface area (Å²) in [6, 6.07) is 5.11. The Bertz CT molecular complexity index is 786. The predicted molar refractivity (Wildman–Crippen MR) is 93.7 cm³/mol. The molecule has 1 heterocycles. The highest BCUT2D eigenvalue weighted by atomic mass is 32.2. The minimum Gasteiger partial charge on any atom is -0.478 e. The minimum absolute atomic E-state index is 0.151. The molecule has 1 amide bonds. The highest BCUT2D eigenvalue weighted by molar-refractivity contribution is 7.99. The van der Waals surface area contributed by atoms with Gasteiger partial charge in [-0.05, 0) is 51.0 Å². The Morgan fingerprint density at radius 2 is 1.67 bits per heavy atom. The van der Waals surface area contributed by atoms with Crippen molar-refractivity contribution in [3.8, 4) is 0 Å². The molecule has 0 atom stereocenters. The van der Waals surface area contributed by atoms with Crippen LogP contribution in [0.5, 0.6) is 0 Å². The van der Waals surface area contributed by atoms with E-state index in [2.05, 4.69) is 15.3 Å². The molecule has 0 bridgehead atoms. The Kier molecular flexibility index (Phi) is 5.56. The molecule has 0 aliphatic rings. The van der Waals surface area contributed by atoms with E-state index in [0.29, 0.717) is 16.4 Å². The molecule has 0 saturated heterocycles. The van der Waals surface area contributed by atoms with Crippen LogP contribution in [0.4, 0.5) is 5.69 Å². The molecule has 0 radical (unpaired) electrons. The first-order valence-corrected chi connectivity index (χ1v) is 8.34. The summed E-state index contributed by atoms with van der Waals surface area (Å²) in [6.45, 7) is 7.31. The Balaban J connectivity index is 2.07. The average molecular weight is 345 g/mol. The van der Waals surface area contributed by atoms with E-state index in [0.717, 1.165) is 17.0 Å². The fraction of sp³-hybridized carbons (Fsp3) is 0.294. The smallest absolute Gasteiger partial charge is 0.336 e. The third-order valence-electron chi connectivity index (χ3n) is 3.37. The van der Waals surface area contributed by atoms with Crippen molar-refractivity contribution in [2.75, 3.05) is 11.1 Å². The number of anilines is 1. The molecule has 2 rings (SSSR count). The van der Waals surface area contributed by atoms with Crippen LogP contribution in [0.3, 0.4) is 0 Å². The largest absolute Gasteiger partial charge is 0.478 e. The molecular formula is C17H19N3O3S. The summed E-state index contributed by atoms with van der Waals surface area (Å²) in [5.41, 5.74) is 3.87. The van der Waals surface area contributed by atoms with Gasteiger partial charge in [0.2, 0.25) is 5.91 Å². The van der Waals surface area contributed by atoms with Gasteiger partial charge in [-0.2, -0.15) is 0 Å². The van der Waals surface area contributed by atoms with Crippen LogP contribution in [0.1, 0.15) is 32.9 Å². The Hall–Kier alpha value is -2.41. The number of amides is 1. The lowest BCUT2D eigenvalue weighted by Gasteiger charge is -2.11. The molecule has 6 nitrogen and oxygen atoms in total. The topological polar surface area (TPSA) is 92.2 Å². The minimum atomic E-state index is -1.01. The van der Waals surface area contributed by atoms with Gasteiger partial charge in [0, 0.05) is 17.1 Å². The number of aryl methyl sites for hydroxylation is 4. The summed E-state index contributed by atoms with van der Waals surface area (Å²) in [7, 11) is 0. The number of rotatable bonds is 5. The van der Waals surface area contributed by atoms with Crippen molar-refractivity contribution in [1.82, 2.24) is 9.97 Å². The van der Waals surface area contributed by atoms with E-state index >= 15 is 0 Å². The lowest BCUT2D eigenvalue weighted by atomic mass is 10.0. The Morgan fingerprint density at radius 1 is 1.04 bits per heavy atom. The van der Waals surface area contributed by atoms with Crippen LogP contribution >= 0.6 is 11.8 Å². The van der Waals surface area contributed by atoms with Crippen LogP contribution in [-0.2, 0) is 4.79 Å². The van der Waals surface area contributed by atoms with Crippen molar-refractivity contribution >= 4 is 29.3 Å². The van der Waals surface area contributed by atoms with E-state index in [4.69, 9.17) is 0 Å². The van der Waals surface area contributed by atoms with E-state index in [9.17, 15) is 14.7 Å². The molecule has 2 aromatic rings. The fourth-order valence-electron chi connectivity index (χ4n) is 2.29. The van der Waals surface area contributed by atoms with Gasteiger partial charge >= 0.3 is 5.97 Å². The second kappa shape index (κ2) is 7.44. The maximum absolute atomic E-state index is 12.1. The van der Waals surface area contributed by atoms with E-state index in [1.807, 2.05) is 26.8 Å². The van der Waals surface area contributed by atoms with Crippen molar-refractivity contribution in [3.63, 3.8) is 0 Å². The van der Waals surface area contributed by atoms with Gasteiger partial charge < -0.3 is 10.4 Å². The summed E-state index contributed by atoms with van der Waals surface area (Å²) >= 11 is 1.25. The number of carboxylic acids is 1. The molecular weight excluding hydrogens is 326 g/mol. The van der Waals surface area contributed by atoms with E-state index < -0.39 is 5.97 Å². The normalized spacial score (nSPS) is 10.5. The number of thioether (sulfide) groups is 1. The number of hydrogen-bond donors (Lipinski definition) is 2. The molecule has 0 spiro atoms. The maximum atomic E-state index is 12.1. The quantitative estimate of drug-likeness (QED) is 0.639. The maximum Gasteiger partial charge on any atom is 0.336 e. The van der Waals surface area contributed by atoms with Crippen molar-refractivity contribution in [1.29, 1.82) is 0 Å². The molecule has 0 aliphatic carbocycles. The van der Waals surface area contributed by atoms with Crippen LogP contribution < -0.4 is 5.32 Å². The van der Waals surface area contributed by atoms with Gasteiger partial charge in [0.05, 0.1) is 11.3 Å². The van der Waals surface area contributed by atoms with Crippen molar-refractivity contribution in [2.24, 2.45) is 0 Å². The van der Waals surface area contributed by atoms with Gasteiger partial charge in [-0.3, -0.25) is 4.79 Å². The van der Waals surface area contributed by atoms with Crippen molar-refractivity contribution in [3.05, 3.63) is 46.3 Å². The van der Waals surface area contributed by atoms with Crippen molar-refractivity contribution in [2.45, 2.75) is 32.9 Å². The number of aromatic carboxylic acids is 1. The zero-order chi connectivity index (χ0) is 17.9. The molecule has 2 N–H and O–H groups in total. The third-order valence-corrected chi connectivity index (χ3v) is 4.22. The number of nitrogens with one attached hydrogen (secondary N) is 1. The molecule has 0 unspecified atom stereocenters. The molecule has 24 heavy (non-hydrogen) atoms. The van der Waals surface area contributed by atoms with Gasteiger partial charge in [0.15, 0.2) is 5.16 Å². The second-order valence-electron chi connectivity index (χ2n) is 5.56. The van der Waals surface area contributed by atoms with E-state index in [1.165, 1.54) is 17.8 Å². The van der Waals surface area contributed by atoms with Crippen LogP contribution in [0.15, 0.2) is 23.4 Å². The molecule has 0 aliphatic heterocycles. The first-order valence-electron chi connectivity index (χ1n) is 7.35. The van der Waals surface area contributed by atoms with E-state index in [-0.39, 0.29) is 17.2 Å². The molecule has 126 valence electrons.